The molecular weight excluding hydrogens is 402 g/mol. The average molecular weight is 424 g/mol. The van der Waals surface area contributed by atoms with E-state index in [-0.39, 0.29) is 12.1 Å². The van der Waals surface area contributed by atoms with Gasteiger partial charge in [0.2, 0.25) is 0 Å². The zero-order valence-corrected chi connectivity index (χ0v) is 16.8. The van der Waals surface area contributed by atoms with Gasteiger partial charge < -0.3 is 14.8 Å². The summed E-state index contributed by atoms with van der Waals surface area (Å²) in [6.07, 6.45) is 2.90. The van der Waals surface area contributed by atoms with E-state index < -0.39 is 0 Å². The molecule has 0 fully saturated rings. The van der Waals surface area contributed by atoms with Gasteiger partial charge in [0.1, 0.15) is 0 Å². The first-order valence-corrected chi connectivity index (χ1v) is 9.94. The van der Waals surface area contributed by atoms with E-state index in [0.717, 1.165) is 28.7 Å². The zero-order chi connectivity index (χ0) is 18.8. The second kappa shape index (κ2) is 7.61. The second-order valence-electron chi connectivity index (χ2n) is 6.92. The monoisotopic (exact) mass is 423 g/mol. The van der Waals surface area contributed by atoms with Gasteiger partial charge in [-0.3, -0.25) is 0 Å². The number of urea groups is 1. The summed E-state index contributed by atoms with van der Waals surface area (Å²) >= 11 is 3.51. The SMILES string of the molecule is Cc1cc(NC(=O)N2CCn3cccc3[C@@H]2Cc2ccccc2)ccc1Br. The van der Waals surface area contributed by atoms with Crippen molar-refractivity contribution in [3.05, 3.63) is 88.2 Å². The minimum absolute atomic E-state index is 0.0210. The van der Waals surface area contributed by atoms with E-state index in [1.165, 1.54) is 11.3 Å². The minimum Gasteiger partial charge on any atom is -0.348 e. The summed E-state index contributed by atoms with van der Waals surface area (Å²) in [5.74, 6) is 0. The Balaban J connectivity index is 1.59. The molecule has 0 radical (unpaired) electrons. The van der Waals surface area contributed by atoms with Gasteiger partial charge in [-0.2, -0.15) is 0 Å². The van der Waals surface area contributed by atoms with Crippen LogP contribution >= 0.6 is 15.9 Å². The maximum absolute atomic E-state index is 13.1. The van der Waals surface area contributed by atoms with Crippen LogP contribution in [0.15, 0.2) is 71.3 Å². The second-order valence-corrected chi connectivity index (χ2v) is 7.77. The first kappa shape index (κ1) is 17.9. The highest BCUT2D eigenvalue weighted by Crippen LogP contribution is 2.30. The molecule has 2 amide bonds. The molecule has 0 unspecified atom stereocenters. The van der Waals surface area contributed by atoms with Crippen molar-refractivity contribution in [2.24, 2.45) is 0 Å². The van der Waals surface area contributed by atoms with E-state index in [4.69, 9.17) is 0 Å². The molecule has 1 aliphatic rings. The number of hydrogen-bond acceptors (Lipinski definition) is 1. The van der Waals surface area contributed by atoms with Gasteiger partial charge in [-0.1, -0.05) is 46.3 Å². The van der Waals surface area contributed by atoms with E-state index in [2.05, 4.69) is 56.3 Å². The van der Waals surface area contributed by atoms with Crippen LogP contribution < -0.4 is 5.32 Å². The van der Waals surface area contributed by atoms with Crippen molar-refractivity contribution in [1.29, 1.82) is 0 Å². The van der Waals surface area contributed by atoms with Gasteiger partial charge in [-0.05, 0) is 54.8 Å². The Bertz CT molecular complexity index is 951. The predicted octanol–water partition coefficient (Wildman–Crippen LogP) is 5.39. The van der Waals surface area contributed by atoms with Crippen LogP contribution in [0, 0.1) is 6.92 Å². The van der Waals surface area contributed by atoms with Crippen molar-refractivity contribution in [2.45, 2.75) is 25.9 Å². The Labute approximate surface area is 167 Å². The number of carbonyl (C=O) groups is 1. The quantitative estimate of drug-likeness (QED) is 0.602. The number of amides is 2. The summed E-state index contributed by atoms with van der Waals surface area (Å²) in [6, 6.07) is 20.4. The standard InChI is InChI=1S/C22H22BrN3O/c1-16-14-18(9-10-19(16)23)24-22(27)26-13-12-25-11-5-8-20(25)21(26)15-17-6-3-2-4-7-17/h2-11,14,21H,12-13,15H2,1H3,(H,24,27)/t21-/m0/s1. The third kappa shape index (κ3) is 3.78. The van der Waals surface area contributed by atoms with Crippen LogP contribution in [0.2, 0.25) is 0 Å². The first-order valence-electron chi connectivity index (χ1n) is 9.14. The average Bonchev–Trinajstić information content (AvgIpc) is 3.15. The van der Waals surface area contributed by atoms with Crippen LogP contribution in [-0.4, -0.2) is 22.0 Å². The Morgan fingerprint density at radius 2 is 1.93 bits per heavy atom. The van der Waals surface area contributed by atoms with Crippen LogP contribution in [0.3, 0.4) is 0 Å². The zero-order valence-electron chi connectivity index (χ0n) is 15.2. The fourth-order valence-corrected chi connectivity index (χ4v) is 3.92. The predicted molar refractivity (Wildman–Crippen MR) is 112 cm³/mol. The van der Waals surface area contributed by atoms with E-state index >= 15 is 0 Å². The molecule has 27 heavy (non-hydrogen) atoms. The molecular formula is C22H22BrN3O. The lowest BCUT2D eigenvalue weighted by Crippen LogP contribution is -2.44. The molecule has 1 atom stereocenters. The number of nitrogens with one attached hydrogen (secondary N) is 1. The molecule has 5 heteroatoms. The van der Waals surface area contributed by atoms with Crippen molar-refractivity contribution in [1.82, 2.24) is 9.47 Å². The molecule has 0 spiro atoms. The van der Waals surface area contributed by atoms with Gasteiger partial charge in [0.15, 0.2) is 0 Å². The van der Waals surface area contributed by atoms with Gasteiger partial charge >= 0.3 is 6.03 Å². The number of benzene rings is 2. The Morgan fingerprint density at radius 3 is 2.70 bits per heavy atom. The summed E-state index contributed by atoms with van der Waals surface area (Å²) in [4.78, 5) is 15.0. The van der Waals surface area contributed by atoms with Crippen LogP contribution in [0.1, 0.15) is 22.9 Å². The van der Waals surface area contributed by atoms with E-state index in [9.17, 15) is 4.79 Å². The molecule has 4 rings (SSSR count). The topological polar surface area (TPSA) is 37.3 Å². The van der Waals surface area contributed by atoms with Gasteiger partial charge in [0, 0.05) is 35.1 Å². The third-order valence-corrected chi connectivity index (χ3v) is 6.00. The highest BCUT2D eigenvalue weighted by molar-refractivity contribution is 9.10. The molecule has 4 nitrogen and oxygen atoms in total. The fraction of sp³-hybridized carbons (Fsp3) is 0.227. The molecule has 1 aromatic heterocycles. The molecule has 0 bridgehead atoms. The number of nitrogens with zero attached hydrogens (tertiary/aromatic N) is 2. The summed E-state index contributed by atoms with van der Waals surface area (Å²) in [6.45, 7) is 3.53. The van der Waals surface area contributed by atoms with E-state index in [0.29, 0.717) is 6.54 Å². The van der Waals surface area contributed by atoms with Crippen molar-refractivity contribution < 1.29 is 4.79 Å². The van der Waals surface area contributed by atoms with Crippen molar-refractivity contribution >= 4 is 27.6 Å². The van der Waals surface area contributed by atoms with E-state index in [1.54, 1.807) is 0 Å². The van der Waals surface area contributed by atoms with Gasteiger partial charge in [-0.15, -0.1) is 0 Å². The highest BCUT2D eigenvalue weighted by Gasteiger charge is 2.31. The molecule has 2 heterocycles. The summed E-state index contributed by atoms with van der Waals surface area (Å²) < 4.78 is 3.29. The van der Waals surface area contributed by atoms with Gasteiger partial charge in [0.05, 0.1) is 6.04 Å². The Hall–Kier alpha value is -2.53. The fourth-order valence-electron chi connectivity index (χ4n) is 3.68. The van der Waals surface area contributed by atoms with Crippen molar-refractivity contribution in [2.75, 3.05) is 11.9 Å². The molecule has 138 valence electrons. The first-order chi connectivity index (χ1) is 13.1. The van der Waals surface area contributed by atoms with Crippen molar-refractivity contribution in [3.8, 4) is 0 Å². The number of aryl methyl sites for hydroxylation is 1. The Morgan fingerprint density at radius 1 is 1.11 bits per heavy atom. The third-order valence-electron chi connectivity index (χ3n) is 5.11. The number of anilines is 1. The number of hydrogen-bond donors (Lipinski definition) is 1. The number of fused-ring (bicyclic) bond motifs is 1. The number of halogens is 1. The van der Waals surface area contributed by atoms with Crippen molar-refractivity contribution in [3.63, 3.8) is 0 Å². The van der Waals surface area contributed by atoms with Crippen LogP contribution in [-0.2, 0) is 13.0 Å². The maximum atomic E-state index is 13.1. The van der Waals surface area contributed by atoms with Gasteiger partial charge in [0.25, 0.3) is 0 Å². The molecule has 0 saturated heterocycles. The summed E-state index contributed by atoms with van der Waals surface area (Å²) in [5.41, 5.74) is 4.34. The normalized spacial score (nSPS) is 16.1. The minimum atomic E-state index is -0.0508. The molecule has 1 N–H and O–H groups in total. The highest BCUT2D eigenvalue weighted by atomic mass is 79.9. The number of carbonyl (C=O) groups excluding carboxylic acids is 1. The van der Waals surface area contributed by atoms with Crippen LogP contribution in [0.4, 0.5) is 10.5 Å². The molecule has 0 saturated carbocycles. The molecule has 0 aliphatic carbocycles. The molecule has 1 aliphatic heterocycles. The number of rotatable bonds is 3. The molecule has 2 aromatic carbocycles. The summed E-state index contributed by atoms with van der Waals surface area (Å²) in [5, 5.41) is 3.08. The summed E-state index contributed by atoms with van der Waals surface area (Å²) in [7, 11) is 0. The maximum Gasteiger partial charge on any atom is 0.322 e. The Kier molecular flexibility index (Phi) is 5.03. The van der Waals surface area contributed by atoms with Crippen LogP contribution in [0.5, 0.6) is 0 Å². The van der Waals surface area contributed by atoms with E-state index in [1.807, 2.05) is 48.2 Å². The van der Waals surface area contributed by atoms with Gasteiger partial charge in [-0.25, -0.2) is 4.79 Å². The lowest BCUT2D eigenvalue weighted by molar-refractivity contribution is 0.167. The number of aromatic nitrogens is 1. The lowest BCUT2D eigenvalue weighted by atomic mass is 10.0. The largest absolute Gasteiger partial charge is 0.348 e. The molecule has 3 aromatic rings. The van der Waals surface area contributed by atoms with Crippen LogP contribution in [0.25, 0.3) is 0 Å². The smallest absolute Gasteiger partial charge is 0.322 e. The lowest BCUT2D eigenvalue weighted by Gasteiger charge is -2.37.